The van der Waals surface area contributed by atoms with E-state index in [2.05, 4.69) is 22.7 Å². The van der Waals surface area contributed by atoms with Gasteiger partial charge in [-0.25, -0.2) is 0 Å². The van der Waals surface area contributed by atoms with Gasteiger partial charge in [0, 0.05) is 25.2 Å². The Morgan fingerprint density at radius 2 is 2.35 bits per heavy atom. The van der Waals surface area contributed by atoms with Gasteiger partial charge in [-0.15, -0.1) is 0 Å². The van der Waals surface area contributed by atoms with Crippen molar-refractivity contribution in [3.63, 3.8) is 0 Å². The quantitative estimate of drug-likeness (QED) is 0.651. The monoisotopic (exact) mass is 272 g/mol. The van der Waals surface area contributed by atoms with Crippen molar-refractivity contribution in [2.24, 2.45) is 12.9 Å². The number of nitrogens with one attached hydrogen (secondary N) is 1. The molecule has 0 amide bonds. The van der Waals surface area contributed by atoms with Crippen molar-refractivity contribution in [1.82, 2.24) is 15.2 Å². The third-order valence-corrected chi connectivity index (χ3v) is 3.92. The number of aryl methyl sites for hydroxylation is 1. The molecule has 1 aromatic carbocycles. The zero-order valence-electron chi connectivity index (χ0n) is 11.6. The lowest BCUT2D eigenvalue weighted by Crippen LogP contribution is -2.42. The number of hydrazine groups is 1. The standard InChI is InChI=1S/C15H20N4O/c1-19-10-11(9-17-19)8-14(18-16)12-6-7-20-15-5-3-2-4-13(12)15/h2-5,9-10,12,14,18H,6-8,16H2,1H3. The summed E-state index contributed by atoms with van der Waals surface area (Å²) in [5.41, 5.74) is 5.41. The molecule has 0 saturated heterocycles. The van der Waals surface area contributed by atoms with E-state index >= 15 is 0 Å². The van der Waals surface area contributed by atoms with Crippen molar-refractivity contribution in [3.8, 4) is 5.75 Å². The molecule has 0 bridgehead atoms. The summed E-state index contributed by atoms with van der Waals surface area (Å²) < 4.78 is 7.54. The van der Waals surface area contributed by atoms with E-state index in [0.717, 1.165) is 25.2 Å². The first-order valence-corrected chi connectivity index (χ1v) is 6.93. The molecule has 0 radical (unpaired) electrons. The Morgan fingerprint density at radius 3 is 3.10 bits per heavy atom. The summed E-state index contributed by atoms with van der Waals surface area (Å²) in [4.78, 5) is 0. The number of hydrogen-bond donors (Lipinski definition) is 2. The maximum absolute atomic E-state index is 5.80. The molecule has 3 N–H and O–H groups in total. The van der Waals surface area contributed by atoms with Crippen molar-refractivity contribution in [2.75, 3.05) is 6.61 Å². The van der Waals surface area contributed by atoms with Crippen LogP contribution in [0.5, 0.6) is 5.75 Å². The van der Waals surface area contributed by atoms with Gasteiger partial charge in [0.1, 0.15) is 5.75 Å². The van der Waals surface area contributed by atoms with Crippen LogP contribution in [0.4, 0.5) is 0 Å². The van der Waals surface area contributed by atoms with E-state index in [-0.39, 0.29) is 6.04 Å². The first-order valence-electron chi connectivity index (χ1n) is 6.93. The molecule has 106 valence electrons. The number of ether oxygens (including phenoxy) is 1. The molecule has 2 unspecified atom stereocenters. The lowest BCUT2D eigenvalue weighted by atomic mass is 9.84. The van der Waals surface area contributed by atoms with Crippen LogP contribution in [-0.4, -0.2) is 22.4 Å². The maximum Gasteiger partial charge on any atom is 0.122 e. The van der Waals surface area contributed by atoms with Gasteiger partial charge in [-0.1, -0.05) is 18.2 Å². The number of aromatic nitrogens is 2. The third kappa shape index (κ3) is 2.55. The number of para-hydroxylation sites is 1. The Bertz CT molecular complexity index is 581. The largest absolute Gasteiger partial charge is 0.493 e. The van der Waals surface area contributed by atoms with Crippen LogP contribution >= 0.6 is 0 Å². The van der Waals surface area contributed by atoms with Crippen LogP contribution in [0.3, 0.4) is 0 Å². The molecule has 2 atom stereocenters. The Balaban J connectivity index is 1.83. The highest BCUT2D eigenvalue weighted by Crippen LogP contribution is 2.36. The molecular formula is C15H20N4O. The topological polar surface area (TPSA) is 65.1 Å². The second-order valence-electron chi connectivity index (χ2n) is 5.28. The number of rotatable bonds is 4. The van der Waals surface area contributed by atoms with Gasteiger partial charge in [-0.3, -0.25) is 16.0 Å². The molecule has 0 spiro atoms. The van der Waals surface area contributed by atoms with Crippen LogP contribution in [0.25, 0.3) is 0 Å². The van der Waals surface area contributed by atoms with Gasteiger partial charge in [0.05, 0.1) is 12.8 Å². The minimum atomic E-state index is 0.184. The van der Waals surface area contributed by atoms with E-state index in [1.807, 2.05) is 36.3 Å². The van der Waals surface area contributed by atoms with Crippen LogP contribution in [0.1, 0.15) is 23.5 Å². The lowest BCUT2D eigenvalue weighted by molar-refractivity contribution is 0.245. The molecule has 1 aliphatic heterocycles. The Labute approximate surface area is 118 Å². The van der Waals surface area contributed by atoms with E-state index < -0.39 is 0 Å². The zero-order valence-corrected chi connectivity index (χ0v) is 11.6. The summed E-state index contributed by atoms with van der Waals surface area (Å²) in [6.07, 6.45) is 5.78. The van der Waals surface area contributed by atoms with Gasteiger partial charge < -0.3 is 4.74 Å². The summed E-state index contributed by atoms with van der Waals surface area (Å²) in [5.74, 6) is 7.14. The van der Waals surface area contributed by atoms with Gasteiger partial charge in [-0.2, -0.15) is 5.10 Å². The summed E-state index contributed by atoms with van der Waals surface area (Å²) in [5, 5.41) is 4.22. The minimum absolute atomic E-state index is 0.184. The fraction of sp³-hybridized carbons (Fsp3) is 0.400. The highest BCUT2D eigenvalue weighted by molar-refractivity contribution is 5.39. The Hall–Kier alpha value is -1.85. The van der Waals surface area contributed by atoms with Crippen molar-refractivity contribution in [1.29, 1.82) is 0 Å². The van der Waals surface area contributed by atoms with E-state index in [1.165, 1.54) is 11.1 Å². The van der Waals surface area contributed by atoms with Gasteiger partial charge in [-0.05, 0) is 30.0 Å². The molecule has 5 nitrogen and oxygen atoms in total. The first kappa shape index (κ1) is 13.1. The van der Waals surface area contributed by atoms with Crippen LogP contribution in [0.2, 0.25) is 0 Å². The molecule has 20 heavy (non-hydrogen) atoms. The van der Waals surface area contributed by atoms with Crippen LogP contribution in [-0.2, 0) is 13.5 Å². The third-order valence-electron chi connectivity index (χ3n) is 3.92. The predicted octanol–water partition coefficient (Wildman–Crippen LogP) is 1.36. The highest BCUT2D eigenvalue weighted by Gasteiger charge is 2.28. The smallest absolute Gasteiger partial charge is 0.122 e. The number of hydrogen-bond acceptors (Lipinski definition) is 4. The van der Waals surface area contributed by atoms with Crippen LogP contribution in [0.15, 0.2) is 36.7 Å². The van der Waals surface area contributed by atoms with Gasteiger partial charge in [0.2, 0.25) is 0 Å². The second kappa shape index (κ2) is 5.64. The predicted molar refractivity (Wildman–Crippen MR) is 77.3 cm³/mol. The Morgan fingerprint density at radius 1 is 1.50 bits per heavy atom. The number of nitrogens with two attached hydrogens (primary N) is 1. The fourth-order valence-corrected chi connectivity index (χ4v) is 2.94. The van der Waals surface area contributed by atoms with Crippen molar-refractivity contribution in [3.05, 3.63) is 47.8 Å². The molecule has 0 aliphatic carbocycles. The summed E-state index contributed by atoms with van der Waals surface area (Å²) in [6, 6.07) is 8.40. The fourth-order valence-electron chi connectivity index (χ4n) is 2.94. The number of fused-ring (bicyclic) bond motifs is 1. The number of nitrogens with zero attached hydrogens (tertiary/aromatic N) is 2. The average Bonchev–Trinajstić information content (AvgIpc) is 2.89. The summed E-state index contributed by atoms with van der Waals surface area (Å²) in [6.45, 7) is 0.743. The van der Waals surface area contributed by atoms with E-state index in [9.17, 15) is 0 Å². The van der Waals surface area contributed by atoms with E-state index in [1.54, 1.807) is 0 Å². The van der Waals surface area contributed by atoms with Gasteiger partial charge in [0.25, 0.3) is 0 Å². The SMILES string of the molecule is Cn1cc(CC(NN)C2CCOc3ccccc32)cn1. The van der Waals surface area contributed by atoms with Gasteiger partial charge in [0.15, 0.2) is 0 Å². The van der Waals surface area contributed by atoms with E-state index in [4.69, 9.17) is 10.6 Å². The molecule has 5 heteroatoms. The van der Waals surface area contributed by atoms with Crippen LogP contribution in [0, 0.1) is 0 Å². The zero-order chi connectivity index (χ0) is 13.9. The average molecular weight is 272 g/mol. The molecule has 0 saturated carbocycles. The first-order chi connectivity index (χ1) is 9.78. The lowest BCUT2D eigenvalue weighted by Gasteiger charge is -2.31. The second-order valence-corrected chi connectivity index (χ2v) is 5.28. The van der Waals surface area contributed by atoms with E-state index in [0.29, 0.717) is 5.92 Å². The molecule has 2 heterocycles. The molecular weight excluding hydrogens is 252 g/mol. The van der Waals surface area contributed by atoms with Crippen LogP contribution < -0.4 is 16.0 Å². The minimum Gasteiger partial charge on any atom is -0.493 e. The summed E-state index contributed by atoms with van der Waals surface area (Å²) in [7, 11) is 1.93. The van der Waals surface area contributed by atoms with Crippen molar-refractivity contribution >= 4 is 0 Å². The molecule has 1 aromatic heterocycles. The molecule has 0 fully saturated rings. The molecule has 3 rings (SSSR count). The molecule has 2 aromatic rings. The highest BCUT2D eigenvalue weighted by atomic mass is 16.5. The molecule has 1 aliphatic rings. The normalized spacial score (nSPS) is 19.2. The number of benzene rings is 1. The maximum atomic E-state index is 5.80. The summed E-state index contributed by atoms with van der Waals surface area (Å²) >= 11 is 0. The Kier molecular flexibility index (Phi) is 3.71. The van der Waals surface area contributed by atoms with Crippen molar-refractivity contribution in [2.45, 2.75) is 24.8 Å². The van der Waals surface area contributed by atoms with Gasteiger partial charge >= 0.3 is 0 Å². The van der Waals surface area contributed by atoms with Crippen molar-refractivity contribution < 1.29 is 4.74 Å².